The lowest BCUT2D eigenvalue weighted by Gasteiger charge is -2.14. The first-order chi connectivity index (χ1) is 14.6. The largest absolute Gasteiger partial charge is 0.480 e. The minimum atomic E-state index is -1.03. The van der Waals surface area contributed by atoms with Gasteiger partial charge in [0.15, 0.2) is 0 Å². The summed E-state index contributed by atoms with van der Waals surface area (Å²) in [5, 5.41) is 14.8. The Morgan fingerprint density at radius 1 is 1.37 bits per heavy atom. The number of carboxylic acids is 1. The zero-order chi connectivity index (χ0) is 21.3. The molecular weight excluding hydrogens is 420 g/mol. The van der Waals surface area contributed by atoms with Gasteiger partial charge >= 0.3 is 5.97 Å². The Kier molecular flexibility index (Phi) is 7.81. The Hall–Kier alpha value is -2.91. The number of carbonyl (C=O) groups excluding carboxylic acids is 1. The number of aromatic nitrogens is 3. The molecule has 30 heavy (non-hydrogen) atoms. The molecule has 0 unspecified atom stereocenters. The number of benzene rings is 1. The molecule has 156 valence electrons. The molecule has 7 nitrogen and oxygen atoms in total. The average Bonchev–Trinajstić information content (AvgIpc) is 3.44. The van der Waals surface area contributed by atoms with Crippen molar-refractivity contribution in [3.05, 3.63) is 70.7 Å². The number of nitrogens with zero attached hydrogens (tertiary/aromatic N) is 3. The zero-order valence-electron chi connectivity index (χ0n) is 16.4. The number of carbonyl (C=O) groups is 2. The van der Waals surface area contributed by atoms with Crippen molar-refractivity contribution in [3.63, 3.8) is 0 Å². The highest BCUT2D eigenvalue weighted by Gasteiger charge is 2.20. The summed E-state index contributed by atoms with van der Waals surface area (Å²) in [5.41, 5.74) is 2.24. The number of rotatable bonds is 10. The summed E-state index contributed by atoms with van der Waals surface area (Å²) in [7, 11) is 0. The molecule has 0 aliphatic rings. The van der Waals surface area contributed by atoms with E-state index in [0.29, 0.717) is 24.3 Å². The molecule has 0 aliphatic carbocycles. The van der Waals surface area contributed by atoms with Gasteiger partial charge in [0.1, 0.15) is 11.0 Å². The van der Waals surface area contributed by atoms with Crippen LogP contribution in [0.5, 0.6) is 0 Å². The van der Waals surface area contributed by atoms with Crippen LogP contribution in [0.1, 0.15) is 27.3 Å². The van der Waals surface area contributed by atoms with Crippen molar-refractivity contribution in [2.24, 2.45) is 0 Å². The van der Waals surface area contributed by atoms with E-state index in [1.54, 1.807) is 60.0 Å². The molecule has 2 heterocycles. The monoisotopic (exact) mass is 442 g/mol. The molecule has 0 saturated heterocycles. The van der Waals surface area contributed by atoms with Gasteiger partial charge in [-0.2, -0.15) is 11.8 Å². The fraction of sp³-hybridized carbons (Fsp3) is 0.238. The van der Waals surface area contributed by atoms with Gasteiger partial charge in [-0.1, -0.05) is 12.1 Å². The van der Waals surface area contributed by atoms with Crippen molar-refractivity contribution in [3.8, 4) is 0 Å². The van der Waals surface area contributed by atoms with Gasteiger partial charge in [-0.05, 0) is 42.2 Å². The van der Waals surface area contributed by atoms with Gasteiger partial charge in [-0.25, -0.2) is 14.8 Å². The molecule has 0 radical (unpaired) electrons. The average molecular weight is 443 g/mol. The van der Waals surface area contributed by atoms with E-state index >= 15 is 0 Å². The van der Waals surface area contributed by atoms with Crippen molar-refractivity contribution >= 4 is 46.6 Å². The normalized spacial score (nSPS) is 12.5. The summed E-state index contributed by atoms with van der Waals surface area (Å²) in [6, 6.07) is 6.22. The third-order valence-electron chi connectivity index (χ3n) is 4.32. The first kappa shape index (κ1) is 21.8. The van der Waals surface area contributed by atoms with Crippen molar-refractivity contribution in [1.82, 2.24) is 19.9 Å². The molecule has 0 aliphatic heterocycles. The van der Waals surface area contributed by atoms with Crippen molar-refractivity contribution in [2.45, 2.75) is 19.0 Å². The lowest BCUT2D eigenvalue weighted by Crippen LogP contribution is -2.41. The SMILES string of the molecule is CSCC[C@H](NC(=O)c1cccc(C=C(Cn2ccnc2)c2nccs2)c1)C(=O)O. The van der Waals surface area contributed by atoms with Crippen LogP contribution in [0.3, 0.4) is 0 Å². The van der Waals surface area contributed by atoms with Crippen molar-refractivity contribution < 1.29 is 14.7 Å². The van der Waals surface area contributed by atoms with E-state index in [1.807, 2.05) is 34.5 Å². The van der Waals surface area contributed by atoms with Crippen LogP contribution >= 0.6 is 23.1 Å². The maximum Gasteiger partial charge on any atom is 0.326 e. The molecule has 2 N–H and O–H groups in total. The second-order valence-electron chi connectivity index (χ2n) is 6.51. The molecule has 1 atom stereocenters. The first-order valence-electron chi connectivity index (χ1n) is 9.25. The van der Waals surface area contributed by atoms with Gasteiger partial charge in [0.25, 0.3) is 5.91 Å². The maximum atomic E-state index is 12.6. The van der Waals surface area contributed by atoms with Gasteiger partial charge in [-0.15, -0.1) is 11.3 Å². The molecule has 2 aromatic heterocycles. The van der Waals surface area contributed by atoms with E-state index in [0.717, 1.165) is 16.1 Å². The first-order valence-corrected chi connectivity index (χ1v) is 11.5. The van der Waals surface area contributed by atoms with Crippen LogP contribution < -0.4 is 5.32 Å². The van der Waals surface area contributed by atoms with Crippen LogP contribution in [-0.4, -0.2) is 49.6 Å². The maximum absolute atomic E-state index is 12.6. The number of thiazole rings is 1. The Morgan fingerprint density at radius 3 is 2.90 bits per heavy atom. The fourth-order valence-corrected chi connectivity index (χ4v) is 3.96. The minimum absolute atomic E-state index is 0.376. The summed E-state index contributed by atoms with van der Waals surface area (Å²) >= 11 is 3.09. The van der Waals surface area contributed by atoms with Crippen LogP contribution in [0.25, 0.3) is 11.6 Å². The number of hydrogen-bond donors (Lipinski definition) is 2. The van der Waals surface area contributed by atoms with Crippen molar-refractivity contribution in [1.29, 1.82) is 0 Å². The second kappa shape index (κ2) is 10.7. The lowest BCUT2D eigenvalue weighted by molar-refractivity contribution is -0.139. The smallest absolute Gasteiger partial charge is 0.326 e. The van der Waals surface area contributed by atoms with Crippen LogP contribution in [-0.2, 0) is 11.3 Å². The summed E-state index contributed by atoms with van der Waals surface area (Å²) in [5.74, 6) is -0.769. The standard InChI is InChI=1S/C21H22N4O3S2/c1-29-9-5-18(21(27)28)24-19(26)16-4-2-3-15(11-16)12-17(20-23-7-10-30-20)13-25-8-6-22-14-25/h2-4,6-8,10-12,14,18H,5,9,13H2,1H3,(H,24,26)(H,27,28)/t18-/m0/s1. The highest BCUT2D eigenvalue weighted by Crippen LogP contribution is 2.23. The fourth-order valence-electron chi connectivity index (χ4n) is 2.84. The molecule has 0 bridgehead atoms. The number of allylic oxidation sites excluding steroid dienone is 1. The second-order valence-corrected chi connectivity index (χ2v) is 8.39. The third kappa shape index (κ3) is 6.04. The Morgan fingerprint density at radius 2 is 2.23 bits per heavy atom. The Bertz CT molecular complexity index is 1000. The van der Waals surface area contributed by atoms with E-state index in [1.165, 1.54) is 0 Å². The Labute approximate surface area is 182 Å². The quantitative estimate of drug-likeness (QED) is 0.499. The predicted octanol–water partition coefficient (Wildman–Crippen LogP) is 3.52. The van der Waals surface area contributed by atoms with Gasteiger partial charge in [0, 0.05) is 35.1 Å². The number of hydrogen-bond acceptors (Lipinski definition) is 6. The lowest BCUT2D eigenvalue weighted by atomic mass is 10.1. The van der Waals surface area contributed by atoms with E-state index in [9.17, 15) is 14.7 Å². The Balaban J connectivity index is 1.82. The topological polar surface area (TPSA) is 97.1 Å². The molecule has 0 fully saturated rings. The molecular formula is C21H22N4O3S2. The molecule has 1 amide bonds. The van der Waals surface area contributed by atoms with Crippen molar-refractivity contribution in [2.75, 3.05) is 12.0 Å². The van der Waals surface area contributed by atoms with Crippen LogP contribution in [0.2, 0.25) is 0 Å². The minimum Gasteiger partial charge on any atom is -0.480 e. The van der Waals surface area contributed by atoms with E-state index < -0.39 is 17.9 Å². The van der Waals surface area contributed by atoms with Gasteiger partial charge in [0.05, 0.1) is 12.9 Å². The summed E-state index contributed by atoms with van der Waals surface area (Å²) in [6.45, 7) is 0.597. The predicted molar refractivity (Wildman–Crippen MR) is 121 cm³/mol. The van der Waals surface area contributed by atoms with Crippen LogP contribution in [0, 0.1) is 0 Å². The van der Waals surface area contributed by atoms with Gasteiger partial charge < -0.3 is 15.0 Å². The van der Waals surface area contributed by atoms with Gasteiger partial charge in [-0.3, -0.25) is 4.79 Å². The number of carboxylic acid groups (broad SMARTS) is 1. The van der Waals surface area contributed by atoms with E-state index in [2.05, 4.69) is 15.3 Å². The molecule has 9 heteroatoms. The number of thioether (sulfide) groups is 1. The molecule has 0 saturated carbocycles. The molecule has 3 aromatic rings. The highest BCUT2D eigenvalue weighted by molar-refractivity contribution is 7.98. The molecule has 0 spiro atoms. The number of aliphatic carboxylic acids is 1. The third-order valence-corrected chi connectivity index (χ3v) is 5.82. The van der Waals surface area contributed by atoms with E-state index in [-0.39, 0.29) is 0 Å². The summed E-state index contributed by atoms with van der Waals surface area (Å²) < 4.78 is 1.95. The van der Waals surface area contributed by atoms with E-state index in [4.69, 9.17) is 0 Å². The highest BCUT2D eigenvalue weighted by atomic mass is 32.2. The summed E-state index contributed by atoms with van der Waals surface area (Å²) in [6.07, 6.45) is 11.4. The number of nitrogens with one attached hydrogen (secondary N) is 1. The number of amides is 1. The molecule has 1 aromatic carbocycles. The van der Waals surface area contributed by atoms with Gasteiger partial charge in [0.2, 0.25) is 0 Å². The number of imidazole rings is 1. The van der Waals surface area contributed by atoms with Crippen LogP contribution in [0.4, 0.5) is 0 Å². The van der Waals surface area contributed by atoms with Crippen LogP contribution in [0.15, 0.2) is 54.6 Å². The summed E-state index contributed by atoms with van der Waals surface area (Å²) in [4.78, 5) is 32.5. The zero-order valence-corrected chi connectivity index (χ0v) is 18.0. The molecule has 3 rings (SSSR count).